The van der Waals surface area contributed by atoms with Gasteiger partial charge < -0.3 is 4.74 Å². The van der Waals surface area contributed by atoms with Gasteiger partial charge in [0.25, 0.3) is 0 Å². The summed E-state index contributed by atoms with van der Waals surface area (Å²) in [6.07, 6.45) is -3.76. The molecule has 3 nitrogen and oxygen atoms in total. The van der Waals surface area contributed by atoms with Gasteiger partial charge in [0.1, 0.15) is 13.2 Å². The van der Waals surface area contributed by atoms with Gasteiger partial charge in [-0.25, -0.2) is 18.7 Å². The third kappa shape index (κ3) is 4.38. The summed E-state index contributed by atoms with van der Waals surface area (Å²) < 4.78 is 53.3. The zero-order valence-electron chi connectivity index (χ0n) is 9.47. The third-order valence-electron chi connectivity index (χ3n) is 1.94. The number of nitrogens with zero attached hydrogens (tertiary/aromatic N) is 2. The van der Waals surface area contributed by atoms with E-state index in [1.807, 2.05) is 0 Å². The molecule has 0 saturated carbocycles. The highest BCUT2D eigenvalue weighted by atomic mass is 35.5. The number of rotatable bonds is 6. The van der Waals surface area contributed by atoms with Crippen molar-refractivity contribution < 1.29 is 22.3 Å². The van der Waals surface area contributed by atoms with E-state index in [0.717, 1.165) is 0 Å². The molecular formula is C10H11ClF4N2O. The molecule has 0 aliphatic carbocycles. The summed E-state index contributed by atoms with van der Waals surface area (Å²) in [5.74, 6) is -3.89. The molecule has 0 atom stereocenters. The highest BCUT2D eigenvalue weighted by molar-refractivity contribution is 6.16. The topological polar surface area (TPSA) is 35.0 Å². The predicted molar refractivity (Wildman–Crippen MR) is 56.9 cm³/mol. The Hall–Kier alpha value is -0.950. The van der Waals surface area contributed by atoms with Gasteiger partial charge in [0, 0.05) is 5.69 Å². The van der Waals surface area contributed by atoms with E-state index in [0.29, 0.717) is 11.4 Å². The molecule has 0 N–H and O–H groups in total. The number of ether oxygens (including phenoxy) is 1. The van der Waals surface area contributed by atoms with Crippen molar-refractivity contribution in [3.63, 3.8) is 0 Å². The second-order valence-corrected chi connectivity index (χ2v) is 3.87. The Morgan fingerprint density at radius 1 is 1.39 bits per heavy atom. The van der Waals surface area contributed by atoms with Crippen LogP contribution in [0.1, 0.15) is 17.2 Å². The molecule has 0 fully saturated rings. The van der Waals surface area contributed by atoms with Gasteiger partial charge in [0.05, 0.1) is 11.6 Å². The summed E-state index contributed by atoms with van der Waals surface area (Å²) in [6.45, 7) is -0.0684. The van der Waals surface area contributed by atoms with Crippen LogP contribution in [0, 0.1) is 6.92 Å². The number of alkyl halides is 5. The quantitative estimate of drug-likeness (QED) is 0.596. The number of hydrogen-bond acceptors (Lipinski definition) is 3. The van der Waals surface area contributed by atoms with Gasteiger partial charge in [-0.05, 0) is 13.0 Å². The van der Waals surface area contributed by atoms with Crippen LogP contribution >= 0.6 is 11.6 Å². The monoisotopic (exact) mass is 286 g/mol. The van der Waals surface area contributed by atoms with Crippen LogP contribution in [0.4, 0.5) is 17.6 Å². The van der Waals surface area contributed by atoms with Crippen molar-refractivity contribution in [1.29, 1.82) is 0 Å². The molecule has 18 heavy (non-hydrogen) atoms. The van der Waals surface area contributed by atoms with Gasteiger partial charge >= 0.3 is 12.3 Å². The summed E-state index contributed by atoms with van der Waals surface area (Å²) in [6, 6.07) is 1.63. The maximum Gasteiger partial charge on any atom is 0.330 e. The second-order valence-electron chi connectivity index (χ2n) is 3.61. The van der Waals surface area contributed by atoms with E-state index in [4.69, 9.17) is 11.6 Å². The van der Waals surface area contributed by atoms with Crippen molar-refractivity contribution in [2.45, 2.75) is 31.8 Å². The largest absolute Gasteiger partial charge is 0.367 e. The molecule has 102 valence electrons. The van der Waals surface area contributed by atoms with Crippen LogP contribution in [-0.2, 0) is 17.2 Å². The fraction of sp³-hybridized carbons (Fsp3) is 0.600. The Bertz CT molecular complexity index is 403. The van der Waals surface area contributed by atoms with E-state index < -0.39 is 19.0 Å². The van der Waals surface area contributed by atoms with E-state index in [9.17, 15) is 17.6 Å². The van der Waals surface area contributed by atoms with Crippen molar-refractivity contribution in [3.8, 4) is 0 Å². The Labute approximate surface area is 106 Å². The fourth-order valence-electron chi connectivity index (χ4n) is 1.17. The first-order chi connectivity index (χ1) is 8.35. The minimum Gasteiger partial charge on any atom is -0.367 e. The summed E-state index contributed by atoms with van der Waals surface area (Å²) in [5, 5.41) is 0. The number of aromatic nitrogens is 2. The summed E-state index contributed by atoms with van der Waals surface area (Å²) >= 11 is 5.57. The molecule has 8 heteroatoms. The SMILES string of the molecule is Cc1cc(CCl)nc(COCC(F)(F)C(F)F)n1. The van der Waals surface area contributed by atoms with E-state index in [1.165, 1.54) is 0 Å². The van der Waals surface area contributed by atoms with Gasteiger partial charge in [-0.15, -0.1) is 11.6 Å². The molecular weight excluding hydrogens is 276 g/mol. The highest BCUT2D eigenvalue weighted by Gasteiger charge is 2.40. The van der Waals surface area contributed by atoms with Crippen molar-refractivity contribution in [3.05, 3.63) is 23.3 Å². The van der Waals surface area contributed by atoms with Crippen LogP contribution in [0.25, 0.3) is 0 Å². The van der Waals surface area contributed by atoms with Crippen LogP contribution in [-0.4, -0.2) is 28.9 Å². The van der Waals surface area contributed by atoms with E-state index in [2.05, 4.69) is 14.7 Å². The van der Waals surface area contributed by atoms with Crippen molar-refractivity contribution in [1.82, 2.24) is 9.97 Å². The fourth-order valence-corrected chi connectivity index (χ4v) is 1.31. The van der Waals surface area contributed by atoms with Crippen LogP contribution in [0.2, 0.25) is 0 Å². The summed E-state index contributed by atoms with van der Waals surface area (Å²) in [5.41, 5.74) is 1.11. The molecule has 0 aromatic carbocycles. The number of hydrogen-bond donors (Lipinski definition) is 0. The van der Waals surface area contributed by atoms with Crippen molar-refractivity contribution in [2.24, 2.45) is 0 Å². The first-order valence-corrected chi connectivity index (χ1v) is 5.51. The number of aryl methyl sites for hydroxylation is 1. The predicted octanol–water partition coefficient (Wildman–Crippen LogP) is 2.94. The average Bonchev–Trinajstić information content (AvgIpc) is 2.27. The molecule has 1 heterocycles. The third-order valence-corrected chi connectivity index (χ3v) is 2.21. The molecule has 1 rings (SSSR count). The normalized spacial score (nSPS) is 12.2. The molecule has 0 aliphatic heterocycles. The van der Waals surface area contributed by atoms with Gasteiger partial charge in [0.15, 0.2) is 5.82 Å². The smallest absolute Gasteiger partial charge is 0.330 e. The summed E-state index contributed by atoms with van der Waals surface area (Å²) in [7, 11) is 0. The summed E-state index contributed by atoms with van der Waals surface area (Å²) in [4.78, 5) is 7.84. The minimum absolute atomic E-state index is 0.135. The number of halogens is 5. The van der Waals surface area contributed by atoms with Gasteiger partial charge in [-0.3, -0.25) is 0 Å². The molecule has 0 radical (unpaired) electrons. The molecule has 0 amide bonds. The molecule has 0 saturated heterocycles. The van der Waals surface area contributed by atoms with Crippen LogP contribution in [0.3, 0.4) is 0 Å². The van der Waals surface area contributed by atoms with Gasteiger partial charge in [-0.1, -0.05) is 0 Å². The molecule has 0 unspecified atom stereocenters. The average molecular weight is 287 g/mol. The first-order valence-electron chi connectivity index (χ1n) is 4.98. The highest BCUT2D eigenvalue weighted by Crippen LogP contribution is 2.23. The lowest BCUT2D eigenvalue weighted by atomic mass is 10.3. The molecule has 0 bridgehead atoms. The van der Waals surface area contributed by atoms with Crippen LogP contribution in [0.5, 0.6) is 0 Å². The maximum absolute atomic E-state index is 12.5. The molecule has 0 spiro atoms. The van der Waals surface area contributed by atoms with Gasteiger partial charge in [-0.2, -0.15) is 8.78 Å². The molecule has 1 aromatic rings. The molecule has 1 aromatic heterocycles. The first kappa shape index (κ1) is 15.1. The standard InChI is InChI=1S/C10H11ClF4N2O/c1-6-2-7(3-11)17-8(16-6)4-18-5-10(14,15)9(12)13/h2,9H,3-5H2,1H3. The van der Waals surface area contributed by atoms with E-state index in [1.54, 1.807) is 13.0 Å². The van der Waals surface area contributed by atoms with Crippen LogP contribution < -0.4 is 0 Å². The maximum atomic E-state index is 12.5. The lowest BCUT2D eigenvalue weighted by Crippen LogP contribution is -2.32. The Morgan fingerprint density at radius 3 is 2.61 bits per heavy atom. The Morgan fingerprint density at radius 2 is 2.06 bits per heavy atom. The van der Waals surface area contributed by atoms with E-state index >= 15 is 0 Å². The zero-order chi connectivity index (χ0) is 13.8. The van der Waals surface area contributed by atoms with E-state index in [-0.39, 0.29) is 18.3 Å². The lowest BCUT2D eigenvalue weighted by Gasteiger charge is -2.14. The second kappa shape index (κ2) is 6.29. The van der Waals surface area contributed by atoms with Crippen molar-refractivity contribution >= 4 is 11.6 Å². The van der Waals surface area contributed by atoms with Gasteiger partial charge in [0.2, 0.25) is 0 Å². The molecule has 0 aliphatic rings. The van der Waals surface area contributed by atoms with Crippen molar-refractivity contribution in [2.75, 3.05) is 6.61 Å². The Balaban J connectivity index is 2.56. The zero-order valence-corrected chi connectivity index (χ0v) is 10.2. The lowest BCUT2D eigenvalue weighted by molar-refractivity contribution is -0.168. The Kier molecular flexibility index (Phi) is 5.28. The van der Waals surface area contributed by atoms with Crippen LogP contribution in [0.15, 0.2) is 6.07 Å². The minimum atomic E-state index is -4.17.